The quantitative estimate of drug-likeness (QED) is 0.120. The summed E-state index contributed by atoms with van der Waals surface area (Å²) in [6, 6.07) is 13.5. The highest BCUT2D eigenvalue weighted by Gasteiger charge is 2.14. The molecule has 1 aliphatic rings. The first-order valence-corrected chi connectivity index (χ1v) is 13.3. The largest absolute Gasteiger partial charge is 0.408 e. The second kappa shape index (κ2) is 13.0. The summed E-state index contributed by atoms with van der Waals surface area (Å²) in [5.74, 6) is -1.09. The van der Waals surface area contributed by atoms with Crippen LogP contribution in [0.5, 0.6) is 0 Å². The Balaban J connectivity index is 0.000000146. The molecule has 9 nitrogen and oxygen atoms in total. The Morgan fingerprint density at radius 1 is 0.881 bits per heavy atom. The molecule has 0 spiro atoms. The van der Waals surface area contributed by atoms with Crippen LogP contribution in [0, 0.1) is 28.9 Å². The highest BCUT2D eigenvalue weighted by atomic mass is 19.1. The third-order valence-corrected chi connectivity index (χ3v) is 6.68. The fraction of sp³-hybridized carbons (Fsp3) is 0.233. The molecular formula is C30H29F3N8O. The predicted molar refractivity (Wildman–Crippen MR) is 155 cm³/mol. The van der Waals surface area contributed by atoms with Gasteiger partial charge >= 0.3 is 0 Å². The molecule has 0 radical (unpaired) electrons. The molecule has 6 rings (SSSR count). The number of halogens is 3. The molecule has 1 aliphatic heterocycles. The van der Waals surface area contributed by atoms with Gasteiger partial charge in [-0.05, 0) is 72.4 Å². The van der Waals surface area contributed by atoms with Crippen molar-refractivity contribution in [2.75, 3.05) is 0 Å². The second-order valence-electron chi connectivity index (χ2n) is 9.22. The van der Waals surface area contributed by atoms with Crippen molar-refractivity contribution in [2.45, 2.75) is 46.6 Å². The molecule has 0 amide bonds. The van der Waals surface area contributed by atoms with Gasteiger partial charge in [0.25, 0.3) is 5.96 Å². The molecule has 3 heterocycles. The smallest absolute Gasteiger partial charge is 0.258 e. The lowest BCUT2D eigenvalue weighted by atomic mass is 10.0. The van der Waals surface area contributed by atoms with Gasteiger partial charge < -0.3 is 10.9 Å². The number of nitrogens with zero attached hydrogens (tertiary/aromatic N) is 7. The number of nitriles is 1. The zero-order valence-electron chi connectivity index (χ0n) is 23.3. The van der Waals surface area contributed by atoms with Crippen LogP contribution in [0.4, 0.5) is 13.2 Å². The lowest BCUT2D eigenvalue weighted by molar-refractivity contribution is 0.315. The molecule has 3 aromatic carbocycles. The van der Waals surface area contributed by atoms with Gasteiger partial charge in [0.15, 0.2) is 0 Å². The average molecular weight is 575 g/mol. The van der Waals surface area contributed by atoms with Crippen molar-refractivity contribution in [1.29, 1.82) is 5.26 Å². The van der Waals surface area contributed by atoms with Crippen LogP contribution >= 0.6 is 0 Å². The third-order valence-electron chi connectivity index (χ3n) is 6.68. The lowest BCUT2D eigenvalue weighted by Crippen LogP contribution is -2.23. The minimum atomic E-state index is -0.387. The Kier molecular flexibility index (Phi) is 9.22. The van der Waals surface area contributed by atoms with Crippen molar-refractivity contribution in [3.63, 3.8) is 0 Å². The van der Waals surface area contributed by atoms with Crippen molar-refractivity contribution < 1.29 is 18.4 Å². The van der Waals surface area contributed by atoms with E-state index in [1.54, 1.807) is 18.2 Å². The van der Waals surface area contributed by atoms with Gasteiger partial charge in [0.1, 0.15) is 17.5 Å². The Bertz CT molecular complexity index is 1850. The summed E-state index contributed by atoms with van der Waals surface area (Å²) in [4.78, 5) is 4.31. The summed E-state index contributed by atoms with van der Waals surface area (Å²) >= 11 is 0. The second-order valence-corrected chi connectivity index (χ2v) is 9.22. The number of rotatable bonds is 3. The summed E-state index contributed by atoms with van der Waals surface area (Å²) in [5.41, 5.74) is 11.3. The zero-order valence-corrected chi connectivity index (χ0v) is 23.3. The maximum Gasteiger partial charge on any atom is 0.258 e. The number of hydrogen-bond acceptors (Lipinski definition) is 6. The number of fused-ring (bicyclic) bond motifs is 3. The van der Waals surface area contributed by atoms with E-state index in [9.17, 15) is 13.2 Å². The zero-order chi connectivity index (χ0) is 30.4. The minimum absolute atomic E-state index is 0.165. The van der Waals surface area contributed by atoms with Crippen LogP contribution in [0.3, 0.4) is 0 Å². The molecule has 42 heavy (non-hydrogen) atoms. The van der Waals surface area contributed by atoms with Crippen LogP contribution in [0.2, 0.25) is 0 Å². The first-order chi connectivity index (χ1) is 20.2. The van der Waals surface area contributed by atoms with Crippen LogP contribution < -0.4 is 5.73 Å². The molecule has 12 heteroatoms. The van der Waals surface area contributed by atoms with Gasteiger partial charge in [-0.25, -0.2) is 13.2 Å². The van der Waals surface area contributed by atoms with Crippen LogP contribution in [0.25, 0.3) is 21.8 Å². The highest BCUT2D eigenvalue weighted by molar-refractivity contribution is 6.03. The number of aromatic nitrogens is 4. The number of benzene rings is 3. The van der Waals surface area contributed by atoms with Crippen LogP contribution in [0.1, 0.15) is 49.7 Å². The topological polar surface area (TPSA) is 130 Å². The summed E-state index contributed by atoms with van der Waals surface area (Å²) in [5, 5.41) is 30.1. The molecule has 0 atom stereocenters. The number of hydrogen-bond donors (Lipinski definition) is 2. The predicted octanol–water partition coefficient (Wildman–Crippen LogP) is 5.90. The van der Waals surface area contributed by atoms with Crippen LogP contribution in [-0.4, -0.2) is 36.4 Å². The van der Waals surface area contributed by atoms with Gasteiger partial charge in [-0.15, -0.1) is 0 Å². The standard InChI is InChI=1S/C10H11FN4O.C10H8FN3.C10H10FN/c1-2-8-7-4-3-6(11)5-9(7)15(13-8)10(12)14-16;1-2-9-8-4-3-7(11)5-10(8)14(6-12)13-9;1-2-10-9-4-3-8(11)5-7(9)6-12-10/h3-5,16H,2H2,1H3,(H2,12,14);3-5H,2H2,1H3;3-5H,2,6H2,1H3. The number of aliphatic imine (C=N–C) groups is 1. The van der Waals surface area contributed by atoms with Gasteiger partial charge in [-0.2, -0.15) is 24.8 Å². The van der Waals surface area contributed by atoms with Crippen molar-refractivity contribution >= 4 is 33.5 Å². The molecule has 5 aromatic rings. The molecule has 0 saturated carbocycles. The summed E-state index contributed by atoms with van der Waals surface area (Å²) in [6.07, 6.45) is 4.24. The minimum Gasteiger partial charge on any atom is -0.408 e. The molecule has 0 unspecified atom stereocenters. The summed E-state index contributed by atoms with van der Waals surface area (Å²) in [7, 11) is 0. The van der Waals surface area contributed by atoms with E-state index in [2.05, 4.69) is 27.3 Å². The Hall–Kier alpha value is -5.18. The van der Waals surface area contributed by atoms with Gasteiger partial charge in [0.2, 0.25) is 6.19 Å². The number of nitrogens with two attached hydrogens (primary N) is 1. The van der Waals surface area contributed by atoms with E-state index in [0.29, 0.717) is 24.0 Å². The summed E-state index contributed by atoms with van der Waals surface area (Å²) < 4.78 is 41.1. The third kappa shape index (κ3) is 6.10. The van der Waals surface area contributed by atoms with Crippen molar-refractivity contribution in [1.82, 2.24) is 19.6 Å². The maximum absolute atomic E-state index is 13.1. The number of oxime groups is 1. The molecule has 0 saturated heterocycles. The van der Waals surface area contributed by atoms with Crippen molar-refractivity contribution in [3.8, 4) is 6.19 Å². The molecule has 216 valence electrons. The Morgan fingerprint density at radius 2 is 1.45 bits per heavy atom. The van der Waals surface area contributed by atoms with Gasteiger partial charge in [0, 0.05) is 34.2 Å². The van der Waals surface area contributed by atoms with E-state index in [-0.39, 0.29) is 23.4 Å². The molecule has 0 aliphatic carbocycles. The highest BCUT2D eigenvalue weighted by Crippen LogP contribution is 2.22. The van der Waals surface area contributed by atoms with Gasteiger partial charge in [0.05, 0.1) is 29.0 Å². The van der Waals surface area contributed by atoms with Crippen LogP contribution in [-0.2, 0) is 19.4 Å². The monoisotopic (exact) mass is 574 g/mol. The molecule has 2 aromatic heterocycles. The fourth-order valence-electron chi connectivity index (χ4n) is 4.66. The van der Waals surface area contributed by atoms with E-state index in [4.69, 9.17) is 16.2 Å². The van der Waals surface area contributed by atoms with Crippen LogP contribution in [0.15, 0.2) is 64.7 Å². The first-order valence-electron chi connectivity index (χ1n) is 13.3. The van der Waals surface area contributed by atoms with E-state index < -0.39 is 0 Å². The van der Waals surface area contributed by atoms with Gasteiger partial charge in [-0.3, -0.25) is 4.99 Å². The fourth-order valence-corrected chi connectivity index (χ4v) is 4.66. The molecule has 0 fully saturated rings. The van der Waals surface area contributed by atoms with E-state index in [0.717, 1.165) is 56.5 Å². The summed E-state index contributed by atoms with van der Waals surface area (Å²) in [6.45, 7) is 6.60. The first kappa shape index (κ1) is 29.8. The lowest BCUT2D eigenvalue weighted by Gasteiger charge is -1.99. The van der Waals surface area contributed by atoms with E-state index >= 15 is 0 Å². The SMILES string of the molecule is CCC1=NCc2cc(F)ccc21.CCc1nn(/C(N)=N\O)c2cc(F)ccc12.CCc1nn(C#N)c2cc(F)ccc12. The normalized spacial score (nSPS) is 12.2. The molecular weight excluding hydrogens is 545 g/mol. The maximum atomic E-state index is 13.1. The van der Waals surface area contributed by atoms with Crippen molar-refractivity contribution in [3.05, 3.63) is 94.6 Å². The number of aryl methyl sites for hydroxylation is 2. The van der Waals surface area contributed by atoms with E-state index in [1.807, 2.05) is 26.1 Å². The molecule has 0 bridgehead atoms. The average Bonchev–Trinajstić information content (AvgIpc) is 3.69. The van der Waals surface area contributed by atoms with E-state index in [1.165, 1.54) is 35.0 Å². The Labute approximate surface area is 240 Å². The van der Waals surface area contributed by atoms with Crippen molar-refractivity contribution in [2.24, 2.45) is 15.9 Å². The Morgan fingerprint density at radius 3 is 2.05 bits per heavy atom. The molecule has 3 N–H and O–H groups in total. The van der Waals surface area contributed by atoms with Gasteiger partial charge in [-0.1, -0.05) is 20.8 Å².